The highest BCUT2D eigenvalue weighted by molar-refractivity contribution is 8.13. The quantitative estimate of drug-likeness (QED) is 0.331. The van der Waals surface area contributed by atoms with Crippen LogP contribution in [0.15, 0.2) is 47.5 Å². The Kier molecular flexibility index (Phi) is 7.62. The van der Waals surface area contributed by atoms with Gasteiger partial charge in [-0.25, -0.2) is 4.99 Å². The van der Waals surface area contributed by atoms with Gasteiger partial charge in [0, 0.05) is 43.5 Å². The smallest absolute Gasteiger partial charge is 0.254 e. The van der Waals surface area contributed by atoms with Gasteiger partial charge >= 0.3 is 0 Å². The Hall–Kier alpha value is -3.38. The molecular weight excluding hydrogens is 414 g/mol. The van der Waals surface area contributed by atoms with Crippen LogP contribution in [-0.2, 0) is 0 Å². The number of amidine groups is 1. The summed E-state index contributed by atoms with van der Waals surface area (Å²) >= 11 is 1.38. The first-order chi connectivity index (χ1) is 15.1. The molecule has 1 N–H and O–H groups in total. The van der Waals surface area contributed by atoms with E-state index in [2.05, 4.69) is 15.2 Å². The summed E-state index contributed by atoms with van der Waals surface area (Å²) in [6.45, 7) is 2.73. The Labute approximate surface area is 186 Å². The van der Waals surface area contributed by atoms with Crippen LogP contribution in [0.4, 0.5) is 11.4 Å². The average Bonchev–Trinajstić information content (AvgIpc) is 2.83. The Bertz CT molecular complexity index is 957. The number of benzene rings is 2. The molecule has 0 radical (unpaired) electrons. The van der Waals surface area contributed by atoms with Gasteiger partial charge in [0.1, 0.15) is 11.5 Å². The number of piperazine rings is 1. The standard InChI is InChI=1S/C22H25N5O3S/c1-29-19-12-16(13-20(14-19)30-2)21(28)27-10-8-26(9-11-27)18-6-4-17(5-7-18)25-22(31-3)24-15-23/h4-7,12-14H,8-11H2,1-3H3,(H,24,25). The molecule has 31 heavy (non-hydrogen) atoms. The Morgan fingerprint density at radius 2 is 1.68 bits per heavy atom. The van der Waals surface area contributed by atoms with Crippen molar-refractivity contribution in [2.45, 2.75) is 0 Å². The fraction of sp³-hybridized carbons (Fsp3) is 0.318. The number of nitriles is 1. The van der Waals surface area contributed by atoms with Gasteiger partial charge in [-0.05, 0) is 42.7 Å². The van der Waals surface area contributed by atoms with Gasteiger partial charge in [-0.1, -0.05) is 11.8 Å². The predicted molar refractivity (Wildman–Crippen MR) is 123 cm³/mol. The predicted octanol–water partition coefficient (Wildman–Crippen LogP) is 3.09. The lowest BCUT2D eigenvalue weighted by molar-refractivity contribution is 0.0746. The molecule has 1 aliphatic rings. The molecule has 2 aromatic carbocycles. The zero-order valence-electron chi connectivity index (χ0n) is 17.8. The fourth-order valence-electron chi connectivity index (χ4n) is 3.31. The molecule has 1 fully saturated rings. The first-order valence-electron chi connectivity index (χ1n) is 9.73. The highest BCUT2D eigenvalue weighted by Gasteiger charge is 2.23. The van der Waals surface area contributed by atoms with E-state index in [1.165, 1.54) is 11.8 Å². The van der Waals surface area contributed by atoms with Gasteiger partial charge in [-0.15, -0.1) is 0 Å². The summed E-state index contributed by atoms with van der Waals surface area (Å²) in [5.41, 5.74) is 2.41. The molecule has 1 saturated heterocycles. The summed E-state index contributed by atoms with van der Waals surface area (Å²) < 4.78 is 10.5. The van der Waals surface area contributed by atoms with Gasteiger partial charge in [0.2, 0.25) is 0 Å². The molecule has 3 rings (SSSR count). The molecule has 1 aliphatic heterocycles. The summed E-state index contributed by atoms with van der Waals surface area (Å²) in [4.78, 5) is 21.5. The molecule has 1 heterocycles. The number of aliphatic imine (C=N–C) groups is 1. The molecule has 0 aliphatic carbocycles. The van der Waals surface area contributed by atoms with Crippen LogP contribution in [0.1, 0.15) is 10.4 Å². The molecule has 0 spiro atoms. The van der Waals surface area contributed by atoms with Crippen molar-refractivity contribution in [3.05, 3.63) is 48.0 Å². The van der Waals surface area contributed by atoms with E-state index in [0.29, 0.717) is 35.3 Å². The third-order valence-electron chi connectivity index (χ3n) is 4.97. The van der Waals surface area contributed by atoms with E-state index in [1.807, 2.05) is 41.6 Å². The van der Waals surface area contributed by atoms with Gasteiger partial charge in [-0.3, -0.25) is 10.1 Å². The fourth-order valence-corrected chi connectivity index (χ4v) is 3.65. The Morgan fingerprint density at radius 3 is 2.19 bits per heavy atom. The molecular formula is C22H25N5O3S. The maximum Gasteiger partial charge on any atom is 0.254 e. The lowest BCUT2D eigenvalue weighted by atomic mass is 10.1. The highest BCUT2D eigenvalue weighted by atomic mass is 32.2. The first kappa shape index (κ1) is 22.3. The molecule has 162 valence electrons. The lowest BCUT2D eigenvalue weighted by Gasteiger charge is -2.36. The van der Waals surface area contributed by atoms with Gasteiger partial charge < -0.3 is 19.3 Å². The number of nitrogens with zero attached hydrogens (tertiary/aromatic N) is 4. The van der Waals surface area contributed by atoms with Gasteiger partial charge in [-0.2, -0.15) is 5.26 Å². The van der Waals surface area contributed by atoms with E-state index in [4.69, 9.17) is 14.7 Å². The highest BCUT2D eigenvalue weighted by Crippen LogP contribution is 2.25. The van der Waals surface area contributed by atoms with Crippen molar-refractivity contribution in [2.24, 2.45) is 4.99 Å². The Balaban J connectivity index is 1.63. The van der Waals surface area contributed by atoms with E-state index < -0.39 is 0 Å². The minimum absolute atomic E-state index is 0.0314. The normalized spacial score (nSPS) is 14.1. The van der Waals surface area contributed by atoms with Crippen LogP contribution in [0.3, 0.4) is 0 Å². The lowest BCUT2D eigenvalue weighted by Crippen LogP contribution is -2.48. The van der Waals surface area contributed by atoms with Gasteiger partial charge in [0.05, 0.1) is 19.9 Å². The minimum Gasteiger partial charge on any atom is -0.497 e. The van der Waals surface area contributed by atoms with E-state index in [0.717, 1.165) is 24.5 Å². The summed E-state index contributed by atoms with van der Waals surface area (Å²) in [6, 6.07) is 13.1. The largest absolute Gasteiger partial charge is 0.497 e. The number of amides is 1. The van der Waals surface area contributed by atoms with E-state index >= 15 is 0 Å². The second-order valence-corrected chi connectivity index (χ2v) is 7.55. The molecule has 8 nitrogen and oxygen atoms in total. The summed E-state index contributed by atoms with van der Waals surface area (Å²) in [5.74, 6) is 1.16. The van der Waals surface area contributed by atoms with E-state index in [-0.39, 0.29) is 5.91 Å². The monoisotopic (exact) mass is 439 g/mol. The maximum absolute atomic E-state index is 13.0. The molecule has 0 atom stereocenters. The van der Waals surface area contributed by atoms with Crippen molar-refractivity contribution in [3.63, 3.8) is 0 Å². The topological polar surface area (TPSA) is 90.2 Å². The van der Waals surface area contributed by atoms with Crippen LogP contribution in [0.2, 0.25) is 0 Å². The van der Waals surface area contributed by atoms with Crippen molar-refractivity contribution in [1.82, 2.24) is 10.2 Å². The van der Waals surface area contributed by atoms with Crippen molar-refractivity contribution >= 4 is 34.2 Å². The van der Waals surface area contributed by atoms with Crippen LogP contribution >= 0.6 is 11.8 Å². The van der Waals surface area contributed by atoms with Crippen molar-refractivity contribution in [1.29, 1.82) is 5.26 Å². The van der Waals surface area contributed by atoms with E-state index in [1.54, 1.807) is 32.4 Å². The number of carbonyl (C=O) groups excluding carboxylic acids is 1. The van der Waals surface area contributed by atoms with Crippen LogP contribution in [0.5, 0.6) is 11.5 Å². The molecule has 9 heteroatoms. The molecule has 1 amide bonds. The average molecular weight is 440 g/mol. The zero-order chi connectivity index (χ0) is 22.2. The molecule has 0 unspecified atom stereocenters. The molecule has 2 aromatic rings. The number of methoxy groups -OCH3 is 2. The number of hydrogen-bond donors (Lipinski definition) is 1. The summed E-state index contributed by atoms with van der Waals surface area (Å²) in [6.07, 6.45) is 3.74. The molecule has 0 saturated carbocycles. The summed E-state index contributed by atoms with van der Waals surface area (Å²) in [5, 5.41) is 11.9. The number of anilines is 1. The number of carbonyl (C=O) groups is 1. The SMILES string of the molecule is COc1cc(OC)cc(C(=O)N2CCN(c3ccc(N=C(NC#N)SC)cc3)CC2)c1. The number of rotatable bonds is 5. The third kappa shape index (κ3) is 5.61. The number of thioether (sulfide) groups is 1. The second kappa shape index (κ2) is 10.6. The van der Waals surface area contributed by atoms with Crippen LogP contribution < -0.4 is 19.7 Å². The van der Waals surface area contributed by atoms with Crippen molar-refractivity contribution < 1.29 is 14.3 Å². The van der Waals surface area contributed by atoms with Crippen LogP contribution in [-0.4, -0.2) is 62.6 Å². The Morgan fingerprint density at radius 1 is 1.06 bits per heavy atom. The number of ether oxygens (including phenoxy) is 2. The van der Waals surface area contributed by atoms with Crippen LogP contribution in [0.25, 0.3) is 0 Å². The summed E-state index contributed by atoms with van der Waals surface area (Å²) in [7, 11) is 3.14. The van der Waals surface area contributed by atoms with Crippen molar-refractivity contribution in [2.75, 3.05) is 51.6 Å². The van der Waals surface area contributed by atoms with E-state index in [9.17, 15) is 4.79 Å². The minimum atomic E-state index is -0.0314. The number of nitrogens with one attached hydrogen (secondary N) is 1. The van der Waals surface area contributed by atoms with Crippen LogP contribution in [0, 0.1) is 11.5 Å². The zero-order valence-corrected chi connectivity index (χ0v) is 18.6. The molecule has 0 bridgehead atoms. The second-order valence-electron chi connectivity index (χ2n) is 6.75. The maximum atomic E-state index is 13.0. The van der Waals surface area contributed by atoms with Crippen molar-refractivity contribution in [3.8, 4) is 17.7 Å². The number of hydrogen-bond acceptors (Lipinski definition) is 7. The first-order valence-corrected chi connectivity index (χ1v) is 11.0. The molecule has 0 aromatic heterocycles. The third-order valence-corrected chi connectivity index (χ3v) is 5.55. The van der Waals surface area contributed by atoms with Gasteiger partial charge in [0.15, 0.2) is 11.4 Å². The van der Waals surface area contributed by atoms with Gasteiger partial charge in [0.25, 0.3) is 5.91 Å².